The SMILES string of the molecule is COc1cc2c(Oc3cccc(NC(=O)C4(C(=O)Nc5ccc(F)cc5)CC4)c3Cl)ccnc2cc1OCC(=O)O. The molecule has 0 unspecified atom stereocenters. The molecule has 4 aromatic rings. The second-order valence-electron chi connectivity index (χ2n) is 9.23. The van der Waals surface area contributed by atoms with Gasteiger partial charge in [0, 0.05) is 23.3 Å². The number of methoxy groups -OCH3 is 1. The van der Waals surface area contributed by atoms with Gasteiger partial charge in [-0.3, -0.25) is 14.6 Å². The molecule has 3 aromatic carbocycles. The maximum Gasteiger partial charge on any atom is 0.341 e. The second-order valence-corrected chi connectivity index (χ2v) is 9.61. The van der Waals surface area contributed by atoms with Crippen LogP contribution in [0.5, 0.6) is 23.0 Å². The van der Waals surface area contributed by atoms with E-state index >= 15 is 0 Å². The number of carboxylic acids is 1. The van der Waals surface area contributed by atoms with Crippen LogP contribution in [0.2, 0.25) is 5.02 Å². The van der Waals surface area contributed by atoms with E-state index in [9.17, 15) is 18.8 Å². The van der Waals surface area contributed by atoms with Crippen molar-refractivity contribution in [1.82, 2.24) is 4.98 Å². The molecule has 0 atom stereocenters. The van der Waals surface area contributed by atoms with Crippen molar-refractivity contribution in [2.24, 2.45) is 5.41 Å². The Morgan fingerprint density at radius 3 is 2.39 bits per heavy atom. The van der Waals surface area contributed by atoms with E-state index in [1.165, 1.54) is 43.6 Å². The fourth-order valence-corrected chi connectivity index (χ4v) is 4.35. The number of rotatable bonds is 10. The average Bonchev–Trinajstić information content (AvgIpc) is 3.77. The van der Waals surface area contributed by atoms with Gasteiger partial charge in [-0.2, -0.15) is 0 Å². The summed E-state index contributed by atoms with van der Waals surface area (Å²) < 4.78 is 30.0. The Morgan fingerprint density at radius 2 is 1.71 bits per heavy atom. The van der Waals surface area contributed by atoms with E-state index in [4.69, 9.17) is 30.9 Å². The summed E-state index contributed by atoms with van der Waals surface area (Å²) in [6.45, 7) is -0.554. The molecule has 1 aromatic heterocycles. The molecular weight excluding hydrogens is 557 g/mol. The molecule has 2 amide bonds. The minimum Gasteiger partial charge on any atom is -0.493 e. The maximum atomic E-state index is 13.2. The molecule has 3 N–H and O–H groups in total. The molecule has 41 heavy (non-hydrogen) atoms. The molecule has 1 saturated carbocycles. The average molecular weight is 580 g/mol. The van der Waals surface area contributed by atoms with Crippen molar-refractivity contribution >= 4 is 51.7 Å². The van der Waals surface area contributed by atoms with Crippen molar-refractivity contribution in [3.05, 3.63) is 77.7 Å². The summed E-state index contributed by atoms with van der Waals surface area (Å²) in [5, 5.41) is 15.0. The summed E-state index contributed by atoms with van der Waals surface area (Å²) in [4.78, 5) is 41.3. The van der Waals surface area contributed by atoms with Gasteiger partial charge < -0.3 is 30.0 Å². The lowest BCUT2D eigenvalue weighted by molar-refractivity contribution is -0.139. The molecule has 0 spiro atoms. The van der Waals surface area contributed by atoms with Gasteiger partial charge in [0.15, 0.2) is 18.1 Å². The van der Waals surface area contributed by atoms with E-state index < -0.39 is 35.6 Å². The Labute approximate surface area is 238 Å². The second kappa shape index (κ2) is 11.3. The van der Waals surface area contributed by atoms with Gasteiger partial charge in [-0.1, -0.05) is 17.7 Å². The fourth-order valence-electron chi connectivity index (χ4n) is 4.14. The number of pyridine rings is 1. The smallest absolute Gasteiger partial charge is 0.341 e. The number of aliphatic carboxylic acids is 1. The molecule has 10 nitrogen and oxygen atoms in total. The van der Waals surface area contributed by atoms with Crippen molar-refractivity contribution in [3.8, 4) is 23.0 Å². The lowest BCUT2D eigenvalue weighted by atomic mass is 10.0. The fraction of sp³-hybridized carbons (Fsp3) is 0.172. The molecule has 1 fully saturated rings. The zero-order chi connectivity index (χ0) is 29.1. The molecule has 12 heteroatoms. The van der Waals surface area contributed by atoms with Gasteiger partial charge in [0.2, 0.25) is 11.8 Å². The van der Waals surface area contributed by atoms with Gasteiger partial charge >= 0.3 is 5.97 Å². The van der Waals surface area contributed by atoms with E-state index in [1.807, 2.05) is 0 Å². The molecule has 5 rings (SSSR count). The van der Waals surface area contributed by atoms with Crippen LogP contribution in [0.1, 0.15) is 12.8 Å². The first-order chi connectivity index (χ1) is 19.7. The molecular formula is C29H23ClFN3O7. The minimum atomic E-state index is -1.27. The third-order valence-corrected chi connectivity index (χ3v) is 6.88. The molecule has 1 heterocycles. The number of anilines is 2. The number of carboxylic acid groups (broad SMARTS) is 1. The number of carbonyl (C=O) groups excluding carboxylic acids is 2. The highest BCUT2D eigenvalue weighted by Crippen LogP contribution is 2.48. The number of aromatic nitrogens is 1. The highest BCUT2D eigenvalue weighted by molar-refractivity contribution is 6.35. The summed E-state index contributed by atoms with van der Waals surface area (Å²) in [5.74, 6) is -1.53. The Kier molecular flexibility index (Phi) is 7.62. The third kappa shape index (κ3) is 5.85. The van der Waals surface area contributed by atoms with Gasteiger partial charge in [0.05, 0.1) is 18.3 Å². The number of fused-ring (bicyclic) bond motifs is 1. The minimum absolute atomic E-state index is 0.105. The zero-order valence-corrected chi connectivity index (χ0v) is 22.3. The molecule has 1 aliphatic carbocycles. The molecule has 210 valence electrons. The van der Waals surface area contributed by atoms with Crippen molar-refractivity contribution in [1.29, 1.82) is 0 Å². The summed E-state index contributed by atoms with van der Waals surface area (Å²) in [6, 6.07) is 14.9. The van der Waals surface area contributed by atoms with Crippen LogP contribution in [0.15, 0.2) is 66.9 Å². The van der Waals surface area contributed by atoms with Crippen LogP contribution in [0.3, 0.4) is 0 Å². The van der Waals surface area contributed by atoms with Crippen LogP contribution in [-0.2, 0) is 14.4 Å². The number of amides is 2. The molecule has 0 saturated heterocycles. The van der Waals surface area contributed by atoms with Crippen molar-refractivity contribution in [3.63, 3.8) is 0 Å². The number of benzene rings is 3. The summed E-state index contributed by atoms with van der Waals surface area (Å²) in [6.07, 6.45) is 2.20. The van der Waals surface area contributed by atoms with Crippen LogP contribution >= 0.6 is 11.6 Å². The Morgan fingerprint density at radius 1 is 0.976 bits per heavy atom. The van der Waals surface area contributed by atoms with Gasteiger partial charge in [-0.15, -0.1) is 0 Å². The number of nitrogens with one attached hydrogen (secondary N) is 2. The topological polar surface area (TPSA) is 136 Å². The standard InChI is InChI=1S/C29H23ClFN3O7/c1-39-23-13-18-20(14-24(23)40-15-25(35)36)32-12-9-21(18)41-22-4-2-3-19(26(22)30)34-28(38)29(10-11-29)27(37)33-17-7-5-16(31)6-8-17/h2-9,12-14H,10-11,15H2,1H3,(H,33,37)(H,34,38)(H,35,36). The van der Waals surface area contributed by atoms with Crippen LogP contribution < -0.4 is 24.8 Å². The van der Waals surface area contributed by atoms with Crippen molar-refractivity contribution in [2.45, 2.75) is 12.8 Å². The monoisotopic (exact) mass is 579 g/mol. The Balaban J connectivity index is 1.35. The van der Waals surface area contributed by atoms with Gasteiger partial charge in [-0.25, -0.2) is 9.18 Å². The largest absolute Gasteiger partial charge is 0.493 e. The van der Waals surface area contributed by atoms with E-state index in [0.717, 1.165) is 0 Å². The third-order valence-electron chi connectivity index (χ3n) is 6.49. The summed E-state index contributed by atoms with van der Waals surface area (Å²) >= 11 is 6.61. The van der Waals surface area contributed by atoms with Gasteiger partial charge in [0.1, 0.15) is 27.8 Å². The molecule has 1 aliphatic rings. The number of hydrogen-bond acceptors (Lipinski definition) is 7. The van der Waals surface area contributed by atoms with Crippen molar-refractivity contribution < 1.29 is 38.1 Å². The summed E-state index contributed by atoms with van der Waals surface area (Å²) in [5.41, 5.74) is -0.194. The van der Waals surface area contributed by atoms with Gasteiger partial charge in [0.25, 0.3) is 0 Å². The highest BCUT2D eigenvalue weighted by atomic mass is 35.5. The van der Waals surface area contributed by atoms with E-state index in [1.54, 1.807) is 30.3 Å². The van der Waals surface area contributed by atoms with Crippen LogP contribution in [0.25, 0.3) is 10.9 Å². The first kappa shape index (κ1) is 27.7. The number of carbonyl (C=O) groups is 3. The maximum absolute atomic E-state index is 13.2. The first-order valence-electron chi connectivity index (χ1n) is 12.4. The predicted octanol–water partition coefficient (Wildman–Crippen LogP) is 5.65. The molecule has 0 aliphatic heterocycles. The zero-order valence-electron chi connectivity index (χ0n) is 21.6. The normalized spacial score (nSPS) is 13.2. The summed E-state index contributed by atoms with van der Waals surface area (Å²) in [7, 11) is 1.42. The molecule has 0 radical (unpaired) electrons. The quantitative estimate of drug-likeness (QED) is 0.205. The van der Waals surface area contributed by atoms with Crippen LogP contribution in [-0.4, -0.2) is 41.6 Å². The van der Waals surface area contributed by atoms with E-state index in [0.29, 0.717) is 35.2 Å². The van der Waals surface area contributed by atoms with E-state index in [2.05, 4.69) is 15.6 Å². The predicted molar refractivity (Wildman–Crippen MR) is 148 cm³/mol. The van der Waals surface area contributed by atoms with Crippen LogP contribution in [0.4, 0.5) is 15.8 Å². The molecule has 0 bridgehead atoms. The lowest BCUT2D eigenvalue weighted by Gasteiger charge is -2.17. The number of nitrogens with zero attached hydrogens (tertiary/aromatic N) is 1. The Bertz CT molecular complexity index is 1660. The highest BCUT2D eigenvalue weighted by Gasteiger charge is 2.56. The number of halogens is 2. The van der Waals surface area contributed by atoms with Crippen molar-refractivity contribution in [2.75, 3.05) is 24.4 Å². The number of hydrogen-bond donors (Lipinski definition) is 3. The first-order valence-corrected chi connectivity index (χ1v) is 12.7. The Hall–Kier alpha value is -4.90. The lowest BCUT2D eigenvalue weighted by Crippen LogP contribution is -2.35. The van der Waals surface area contributed by atoms with E-state index in [-0.39, 0.29) is 28.0 Å². The number of ether oxygens (including phenoxy) is 3. The van der Waals surface area contributed by atoms with Crippen LogP contribution in [0, 0.1) is 11.2 Å². The van der Waals surface area contributed by atoms with Gasteiger partial charge in [-0.05, 0) is 61.4 Å².